The van der Waals surface area contributed by atoms with E-state index in [9.17, 15) is 0 Å². The van der Waals surface area contributed by atoms with Gasteiger partial charge in [0.05, 0.1) is 34.1 Å². The van der Waals surface area contributed by atoms with E-state index in [1.54, 1.807) is 0 Å². The molecule has 6 rings (SSSR count). The third-order valence-electron chi connectivity index (χ3n) is 8.41. The Bertz CT molecular complexity index is 1820. The molecule has 0 saturated carbocycles. The molecule has 6 aromatic rings. The number of rotatable bonds is 9. The summed E-state index contributed by atoms with van der Waals surface area (Å²) >= 11 is 0. The minimum Gasteiger partial charge on any atom is -0.343 e. The summed E-state index contributed by atoms with van der Waals surface area (Å²) in [7, 11) is 4.30. The van der Waals surface area contributed by atoms with Gasteiger partial charge in [-0.05, 0) is 123 Å². The highest BCUT2D eigenvalue weighted by atomic mass is 15.6. The molecular weight excluding hydrogens is 560 g/mol. The van der Waals surface area contributed by atoms with Crippen molar-refractivity contribution in [2.24, 2.45) is 0 Å². The van der Waals surface area contributed by atoms with Crippen molar-refractivity contribution in [1.82, 2.24) is 0 Å². The predicted octanol–water partition coefficient (Wildman–Crippen LogP) is 11.3. The summed E-state index contributed by atoms with van der Waals surface area (Å²) in [4.78, 5) is 4.56. The van der Waals surface area contributed by atoms with E-state index in [0.717, 1.165) is 45.5 Å². The van der Waals surface area contributed by atoms with Gasteiger partial charge in [0.1, 0.15) is 0 Å². The van der Waals surface area contributed by atoms with Crippen LogP contribution in [0.25, 0.3) is 0 Å². The molecule has 6 aromatic carbocycles. The van der Waals surface area contributed by atoms with E-state index in [-0.39, 0.29) is 0 Å². The van der Waals surface area contributed by atoms with Gasteiger partial charge in [-0.15, -0.1) is 0 Å². The lowest BCUT2D eigenvalue weighted by Crippen LogP contribution is -2.37. The lowest BCUT2D eigenvalue weighted by molar-refractivity contribution is 0.976. The Morgan fingerprint density at radius 1 is 0.304 bits per heavy atom. The molecule has 0 spiro atoms. The van der Waals surface area contributed by atoms with Crippen LogP contribution in [0.4, 0.5) is 45.5 Å². The maximum absolute atomic E-state index is 2.37. The molecule has 0 amide bonds. The van der Waals surface area contributed by atoms with E-state index in [0.29, 0.717) is 0 Å². The first-order valence-corrected chi connectivity index (χ1v) is 15.8. The average Bonchev–Trinajstić information content (AvgIpc) is 3.06. The van der Waals surface area contributed by atoms with Gasteiger partial charge in [-0.1, -0.05) is 72.8 Å². The standard InChI is InChI=1S/C42H42N4/c1-31-15-11-19-35(27-31)43(5)39-23-7-9-25-41(39)45(37-21-13-17-33(3)29-37)46(38-22-14-18-34(4)30-38)42-26-10-8-24-40(42)44(6)36-20-12-16-32(2)28-36/h7-30H,1-6H3. The van der Waals surface area contributed by atoms with Crippen LogP contribution in [0.3, 0.4) is 0 Å². The Morgan fingerprint density at radius 2 is 0.587 bits per heavy atom. The predicted molar refractivity (Wildman–Crippen MR) is 198 cm³/mol. The lowest BCUT2D eigenvalue weighted by Gasteiger charge is -2.42. The summed E-state index contributed by atoms with van der Waals surface area (Å²) in [6.07, 6.45) is 0. The molecule has 0 N–H and O–H groups in total. The Morgan fingerprint density at radius 3 is 0.913 bits per heavy atom. The van der Waals surface area contributed by atoms with E-state index < -0.39 is 0 Å². The van der Waals surface area contributed by atoms with Crippen molar-refractivity contribution < 1.29 is 0 Å². The monoisotopic (exact) mass is 602 g/mol. The van der Waals surface area contributed by atoms with Crippen molar-refractivity contribution in [2.45, 2.75) is 27.7 Å². The number of hydrogen-bond donors (Lipinski definition) is 0. The molecular formula is C42H42N4. The van der Waals surface area contributed by atoms with Crippen LogP contribution in [0, 0.1) is 27.7 Å². The molecule has 0 bridgehead atoms. The quantitative estimate of drug-likeness (QED) is 0.153. The van der Waals surface area contributed by atoms with Gasteiger partial charge in [0, 0.05) is 25.5 Å². The first-order chi connectivity index (χ1) is 22.3. The van der Waals surface area contributed by atoms with Gasteiger partial charge in [0.15, 0.2) is 0 Å². The zero-order valence-corrected chi connectivity index (χ0v) is 27.6. The van der Waals surface area contributed by atoms with E-state index in [2.05, 4.69) is 207 Å². The summed E-state index contributed by atoms with van der Waals surface area (Å²) in [5.74, 6) is 0. The molecule has 0 unspecified atom stereocenters. The summed E-state index contributed by atoms with van der Waals surface area (Å²) in [5.41, 5.74) is 13.6. The largest absolute Gasteiger partial charge is 0.343 e. The van der Waals surface area contributed by atoms with E-state index in [1.165, 1.54) is 22.3 Å². The fraction of sp³-hybridized carbons (Fsp3) is 0.143. The first-order valence-electron chi connectivity index (χ1n) is 15.8. The Hall–Kier alpha value is -5.48. The second kappa shape index (κ2) is 13.3. The van der Waals surface area contributed by atoms with Crippen LogP contribution in [0.2, 0.25) is 0 Å². The number of aryl methyl sites for hydroxylation is 4. The zero-order valence-electron chi connectivity index (χ0n) is 27.6. The van der Waals surface area contributed by atoms with E-state index >= 15 is 0 Å². The van der Waals surface area contributed by atoms with Gasteiger partial charge >= 0.3 is 0 Å². The van der Waals surface area contributed by atoms with Gasteiger partial charge < -0.3 is 9.80 Å². The molecule has 0 heterocycles. The third kappa shape index (κ3) is 6.33. The maximum atomic E-state index is 2.37. The van der Waals surface area contributed by atoms with Crippen LogP contribution in [-0.4, -0.2) is 14.1 Å². The number of hydrazine groups is 1. The molecule has 4 nitrogen and oxygen atoms in total. The van der Waals surface area contributed by atoms with Gasteiger partial charge in [0.25, 0.3) is 0 Å². The first kappa shape index (κ1) is 30.5. The van der Waals surface area contributed by atoms with Crippen LogP contribution in [-0.2, 0) is 0 Å². The van der Waals surface area contributed by atoms with Crippen LogP contribution in [0.15, 0.2) is 146 Å². The van der Waals surface area contributed by atoms with Gasteiger partial charge in [-0.3, -0.25) is 0 Å². The van der Waals surface area contributed by atoms with Crippen molar-refractivity contribution in [3.8, 4) is 0 Å². The topological polar surface area (TPSA) is 13.0 Å². The second-order valence-corrected chi connectivity index (χ2v) is 12.1. The third-order valence-corrected chi connectivity index (χ3v) is 8.41. The number of benzene rings is 6. The van der Waals surface area contributed by atoms with Crippen LogP contribution < -0.4 is 19.8 Å². The highest BCUT2D eigenvalue weighted by molar-refractivity contribution is 5.90. The summed E-state index contributed by atoms with van der Waals surface area (Å²) in [5, 5.41) is 4.73. The second-order valence-electron chi connectivity index (χ2n) is 12.1. The maximum Gasteiger partial charge on any atom is 0.0873 e. The molecule has 0 fully saturated rings. The highest BCUT2D eigenvalue weighted by Crippen LogP contribution is 2.45. The normalized spacial score (nSPS) is 10.8. The summed E-state index contributed by atoms with van der Waals surface area (Å²) in [6, 6.07) is 52.2. The van der Waals surface area contributed by atoms with Gasteiger partial charge in [-0.25, -0.2) is 10.0 Å². The molecule has 0 aliphatic rings. The van der Waals surface area contributed by atoms with Crippen molar-refractivity contribution in [3.63, 3.8) is 0 Å². The van der Waals surface area contributed by atoms with Crippen molar-refractivity contribution in [1.29, 1.82) is 0 Å². The zero-order chi connectivity index (χ0) is 32.2. The minimum atomic E-state index is 1.06. The molecule has 4 heteroatoms. The van der Waals surface area contributed by atoms with Gasteiger partial charge in [0.2, 0.25) is 0 Å². The lowest BCUT2D eigenvalue weighted by atomic mass is 10.1. The van der Waals surface area contributed by atoms with E-state index in [4.69, 9.17) is 0 Å². The molecule has 0 atom stereocenters. The Kier molecular flexibility index (Phi) is 8.80. The molecule has 0 aliphatic heterocycles. The molecule has 0 saturated heterocycles. The van der Waals surface area contributed by atoms with Crippen molar-refractivity contribution in [3.05, 3.63) is 168 Å². The fourth-order valence-corrected chi connectivity index (χ4v) is 6.05. The number of para-hydroxylation sites is 4. The van der Waals surface area contributed by atoms with Crippen molar-refractivity contribution >= 4 is 45.5 Å². The summed E-state index contributed by atoms with van der Waals surface area (Å²) < 4.78 is 0. The average molecular weight is 603 g/mol. The number of nitrogens with zero attached hydrogens (tertiary/aromatic N) is 4. The Labute approximate surface area is 274 Å². The molecule has 0 radical (unpaired) electrons. The molecule has 0 aromatic heterocycles. The highest BCUT2D eigenvalue weighted by Gasteiger charge is 2.28. The number of anilines is 8. The molecule has 46 heavy (non-hydrogen) atoms. The minimum absolute atomic E-state index is 1.06. The smallest absolute Gasteiger partial charge is 0.0873 e. The van der Waals surface area contributed by atoms with Crippen LogP contribution >= 0.6 is 0 Å². The summed E-state index contributed by atoms with van der Waals surface area (Å²) in [6.45, 7) is 8.60. The van der Waals surface area contributed by atoms with Crippen LogP contribution in [0.5, 0.6) is 0 Å². The fourth-order valence-electron chi connectivity index (χ4n) is 6.05. The van der Waals surface area contributed by atoms with Gasteiger partial charge in [-0.2, -0.15) is 0 Å². The molecule has 230 valence electrons. The van der Waals surface area contributed by atoms with Crippen LogP contribution in [0.1, 0.15) is 22.3 Å². The van der Waals surface area contributed by atoms with E-state index in [1.807, 2.05) is 0 Å². The number of hydrogen-bond acceptors (Lipinski definition) is 4. The Balaban J connectivity index is 1.63. The van der Waals surface area contributed by atoms with Crippen molar-refractivity contribution in [2.75, 3.05) is 33.9 Å². The molecule has 0 aliphatic carbocycles. The SMILES string of the molecule is Cc1cccc(N(C)c2ccccc2N(c2cccc(C)c2)N(c2cccc(C)c2)c2ccccc2N(C)c2cccc(C)c2)c1.